The van der Waals surface area contributed by atoms with Crippen molar-refractivity contribution in [3.63, 3.8) is 0 Å². The average Bonchev–Trinajstić information content (AvgIpc) is 2.80. The van der Waals surface area contributed by atoms with Crippen LogP contribution < -0.4 is 5.32 Å². The molecule has 0 aliphatic rings. The van der Waals surface area contributed by atoms with E-state index >= 15 is 0 Å². The van der Waals surface area contributed by atoms with Gasteiger partial charge in [0.15, 0.2) is 11.6 Å². The number of imidazole rings is 1. The molecule has 2 rings (SSSR count). The van der Waals surface area contributed by atoms with Crippen molar-refractivity contribution in [2.24, 2.45) is 0 Å². The lowest BCUT2D eigenvalue weighted by Crippen LogP contribution is -2.29. The highest BCUT2D eigenvalue weighted by Gasteiger charge is 2.18. The highest BCUT2D eigenvalue weighted by molar-refractivity contribution is 6.17. The number of carbonyl (C=O) groups excluding carboxylic acids is 1. The van der Waals surface area contributed by atoms with Gasteiger partial charge >= 0.3 is 0 Å². The first-order valence-corrected chi connectivity index (χ1v) is 7.27. The molecule has 0 aliphatic heterocycles. The van der Waals surface area contributed by atoms with Crippen molar-refractivity contribution >= 4 is 28.5 Å². The number of nitrogens with one attached hydrogen (secondary N) is 1. The number of fused-ring (bicyclic) bond motifs is 1. The van der Waals surface area contributed by atoms with Crippen molar-refractivity contribution in [1.29, 1.82) is 0 Å². The Morgan fingerprint density at radius 3 is 2.86 bits per heavy atom. The van der Waals surface area contributed by atoms with Crippen molar-refractivity contribution in [1.82, 2.24) is 14.9 Å². The highest BCUT2D eigenvalue weighted by Crippen LogP contribution is 2.22. The average molecular weight is 316 g/mol. The molecule has 0 spiro atoms. The second-order valence-electron chi connectivity index (χ2n) is 4.63. The zero-order valence-corrected chi connectivity index (χ0v) is 12.4. The summed E-state index contributed by atoms with van der Waals surface area (Å²) in [6.45, 7) is 2.36. The number of aryl methyl sites for hydroxylation is 1. The van der Waals surface area contributed by atoms with Crippen LogP contribution in [0.4, 0.5) is 8.78 Å². The fraction of sp³-hybridized carbons (Fsp3) is 0.429. The number of hydrogen-bond acceptors (Lipinski definition) is 2. The molecule has 1 N–H and O–H groups in total. The number of nitrogens with zero attached hydrogens (tertiary/aromatic N) is 2. The Labute approximate surface area is 126 Å². The van der Waals surface area contributed by atoms with E-state index in [9.17, 15) is 13.6 Å². The zero-order valence-electron chi connectivity index (χ0n) is 11.6. The van der Waals surface area contributed by atoms with E-state index in [1.165, 1.54) is 10.6 Å². The van der Waals surface area contributed by atoms with Crippen molar-refractivity contribution in [3.8, 4) is 0 Å². The number of aromatic nitrogens is 2. The quantitative estimate of drug-likeness (QED) is 0.833. The maximum absolute atomic E-state index is 14.0. The molecule has 0 fully saturated rings. The van der Waals surface area contributed by atoms with Crippen LogP contribution in [-0.4, -0.2) is 27.9 Å². The summed E-state index contributed by atoms with van der Waals surface area (Å²) in [5.41, 5.74) is 0.319. The SMILES string of the molecule is CCCNC(=O)Cn1c(CCCl)nc2ccc(F)c(F)c21. The fourth-order valence-electron chi connectivity index (χ4n) is 2.11. The summed E-state index contributed by atoms with van der Waals surface area (Å²) in [4.78, 5) is 16.1. The second-order valence-corrected chi connectivity index (χ2v) is 5.01. The van der Waals surface area contributed by atoms with Crippen LogP contribution in [0.15, 0.2) is 12.1 Å². The van der Waals surface area contributed by atoms with Crippen molar-refractivity contribution in [2.45, 2.75) is 26.3 Å². The van der Waals surface area contributed by atoms with Gasteiger partial charge in [0.1, 0.15) is 17.9 Å². The standard InChI is InChI=1S/C14H16ClF2N3O/c1-2-7-18-12(21)8-20-11(5-6-15)19-10-4-3-9(16)13(17)14(10)20/h3-4H,2,5-8H2,1H3,(H,18,21). The molecule has 1 heterocycles. The van der Waals surface area contributed by atoms with Crippen LogP contribution >= 0.6 is 11.6 Å². The summed E-state index contributed by atoms with van der Waals surface area (Å²) in [5.74, 6) is -1.48. The molecule has 7 heteroatoms. The van der Waals surface area contributed by atoms with E-state index in [0.29, 0.717) is 24.3 Å². The molecule has 2 aromatic rings. The molecule has 0 aliphatic carbocycles. The first-order valence-electron chi connectivity index (χ1n) is 6.74. The molecule has 0 unspecified atom stereocenters. The summed E-state index contributed by atoms with van der Waals surface area (Å²) in [6, 6.07) is 2.42. The lowest BCUT2D eigenvalue weighted by atomic mass is 10.3. The van der Waals surface area contributed by atoms with Crippen LogP contribution in [0.5, 0.6) is 0 Å². The molecule has 0 saturated carbocycles. The van der Waals surface area contributed by atoms with Gasteiger partial charge in [-0.15, -0.1) is 11.6 Å². The Morgan fingerprint density at radius 1 is 1.43 bits per heavy atom. The van der Waals surface area contributed by atoms with Gasteiger partial charge in [0.05, 0.1) is 5.52 Å². The maximum atomic E-state index is 14.0. The van der Waals surface area contributed by atoms with Crippen LogP contribution in [0.3, 0.4) is 0 Å². The predicted molar refractivity (Wildman–Crippen MR) is 77.4 cm³/mol. The third kappa shape index (κ3) is 3.32. The van der Waals surface area contributed by atoms with Crippen LogP contribution in [0.1, 0.15) is 19.2 Å². The molecular weight excluding hydrogens is 300 g/mol. The number of rotatable bonds is 6. The Morgan fingerprint density at radius 2 is 2.19 bits per heavy atom. The lowest BCUT2D eigenvalue weighted by molar-refractivity contribution is -0.121. The van der Waals surface area contributed by atoms with Crippen molar-refractivity contribution in [3.05, 3.63) is 29.6 Å². The third-order valence-corrected chi connectivity index (χ3v) is 3.26. The second kappa shape index (κ2) is 6.85. The largest absolute Gasteiger partial charge is 0.355 e. The number of carbonyl (C=O) groups is 1. The number of amides is 1. The Hall–Kier alpha value is -1.69. The van der Waals surface area contributed by atoms with Gasteiger partial charge in [-0.1, -0.05) is 6.92 Å². The molecule has 1 amide bonds. The Balaban J connectivity index is 2.44. The maximum Gasteiger partial charge on any atom is 0.240 e. The van der Waals surface area contributed by atoms with E-state index in [1.54, 1.807) is 0 Å². The van der Waals surface area contributed by atoms with Crippen molar-refractivity contribution in [2.75, 3.05) is 12.4 Å². The van der Waals surface area contributed by atoms with Gasteiger partial charge in [0.2, 0.25) is 5.91 Å². The smallest absolute Gasteiger partial charge is 0.240 e. The summed E-state index contributed by atoms with van der Waals surface area (Å²) >= 11 is 5.71. The molecule has 1 aromatic heterocycles. The van der Waals surface area contributed by atoms with Crippen molar-refractivity contribution < 1.29 is 13.6 Å². The summed E-state index contributed by atoms with van der Waals surface area (Å²) < 4.78 is 28.8. The molecule has 1 aromatic carbocycles. The first-order chi connectivity index (χ1) is 10.1. The van der Waals surface area contributed by atoms with Gasteiger partial charge in [-0.25, -0.2) is 13.8 Å². The van der Waals surface area contributed by atoms with Gasteiger partial charge in [-0.3, -0.25) is 4.79 Å². The van der Waals surface area contributed by atoms with Gasteiger partial charge in [-0.2, -0.15) is 0 Å². The molecule has 21 heavy (non-hydrogen) atoms. The fourth-order valence-corrected chi connectivity index (χ4v) is 2.28. The van der Waals surface area contributed by atoms with E-state index in [2.05, 4.69) is 10.3 Å². The summed E-state index contributed by atoms with van der Waals surface area (Å²) in [5, 5.41) is 2.70. The van der Waals surface area contributed by atoms with Gasteiger partial charge < -0.3 is 9.88 Å². The summed E-state index contributed by atoms with van der Waals surface area (Å²) in [7, 11) is 0. The first kappa shape index (κ1) is 15.7. The van der Waals surface area contributed by atoms with E-state index in [1.807, 2.05) is 6.92 Å². The molecule has 114 valence electrons. The number of benzene rings is 1. The minimum Gasteiger partial charge on any atom is -0.355 e. The molecule has 4 nitrogen and oxygen atoms in total. The molecule has 0 atom stereocenters. The Bertz CT molecular complexity index is 657. The topological polar surface area (TPSA) is 46.9 Å². The van der Waals surface area contributed by atoms with Crippen LogP contribution in [0.25, 0.3) is 11.0 Å². The molecular formula is C14H16ClF2N3O. The predicted octanol–water partition coefficient (Wildman–Crippen LogP) is 2.62. The van der Waals surface area contributed by atoms with Crippen LogP contribution in [0.2, 0.25) is 0 Å². The van der Waals surface area contributed by atoms with E-state index in [-0.39, 0.29) is 23.8 Å². The minimum atomic E-state index is -0.996. The zero-order chi connectivity index (χ0) is 15.4. The van der Waals surface area contributed by atoms with Gasteiger partial charge in [-0.05, 0) is 18.6 Å². The van der Waals surface area contributed by atoms with Gasteiger partial charge in [0.25, 0.3) is 0 Å². The Kier molecular flexibility index (Phi) is 5.12. The van der Waals surface area contributed by atoms with Gasteiger partial charge in [0, 0.05) is 18.8 Å². The third-order valence-electron chi connectivity index (χ3n) is 3.07. The molecule has 0 radical (unpaired) electrons. The lowest BCUT2D eigenvalue weighted by Gasteiger charge is -2.09. The van der Waals surface area contributed by atoms with E-state index in [0.717, 1.165) is 12.5 Å². The normalized spacial score (nSPS) is 11.0. The number of alkyl halides is 1. The minimum absolute atomic E-state index is 0.00163. The number of halogens is 3. The highest BCUT2D eigenvalue weighted by atomic mass is 35.5. The van der Waals surface area contributed by atoms with E-state index < -0.39 is 11.6 Å². The summed E-state index contributed by atoms with van der Waals surface area (Å²) in [6.07, 6.45) is 1.17. The van der Waals surface area contributed by atoms with Crippen LogP contribution in [0, 0.1) is 11.6 Å². The molecule has 0 saturated heterocycles. The van der Waals surface area contributed by atoms with E-state index in [4.69, 9.17) is 11.6 Å². The monoisotopic (exact) mass is 315 g/mol. The van der Waals surface area contributed by atoms with Crippen LogP contribution in [-0.2, 0) is 17.8 Å². The number of hydrogen-bond donors (Lipinski definition) is 1. The molecule has 0 bridgehead atoms.